The molecule has 0 spiro atoms. The van der Waals surface area contributed by atoms with Gasteiger partial charge in [-0.05, 0) is 72.3 Å². The first-order valence-electron chi connectivity index (χ1n) is 8.73. The number of aromatic nitrogens is 1. The summed E-state index contributed by atoms with van der Waals surface area (Å²) in [7, 11) is 0. The van der Waals surface area contributed by atoms with Crippen molar-refractivity contribution in [3.05, 3.63) is 51.5 Å². The Morgan fingerprint density at radius 1 is 1.31 bits per heavy atom. The van der Waals surface area contributed by atoms with Gasteiger partial charge in [0.15, 0.2) is 0 Å². The second-order valence-electron chi connectivity index (χ2n) is 6.43. The van der Waals surface area contributed by atoms with Gasteiger partial charge in [-0.25, -0.2) is 9.37 Å². The quantitative estimate of drug-likeness (QED) is 0.383. The molecule has 5 nitrogen and oxygen atoms in total. The molecular weight excluding hydrogens is 549 g/mol. The molecule has 0 bridgehead atoms. The van der Waals surface area contributed by atoms with Crippen LogP contribution in [-0.4, -0.2) is 30.0 Å². The summed E-state index contributed by atoms with van der Waals surface area (Å²) in [6, 6.07) is 8.75. The normalized spacial score (nSPS) is 15.9. The zero-order valence-electron chi connectivity index (χ0n) is 15.2. The fourth-order valence-corrected chi connectivity index (χ4v) is 4.70. The minimum absolute atomic E-state index is 0. The molecule has 1 amide bonds. The van der Waals surface area contributed by atoms with Crippen LogP contribution in [-0.2, 0) is 0 Å². The first-order chi connectivity index (χ1) is 13.1. The Kier molecular flexibility index (Phi) is 8.90. The monoisotopic (exact) mass is 568 g/mol. The number of carbonyl (C=O) groups excluding carboxylic acids is 1. The number of pyridine rings is 1. The minimum atomic E-state index is -0.352. The van der Waals surface area contributed by atoms with Gasteiger partial charge in [-0.15, -0.1) is 24.8 Å². The maximum atomic E-state index is 14.3. The van der Waals surface area contributed by atoms with Gasteiger partial charge in [-0.3, -0.25) is 4.79 Å². The van der Waals surface area contributed by atoms with Crippen molar-refractivity contribution >= 4 is 85.6 Å². The summed E-state index contributed by atoms with van der Waals surface area (Å²) in [5, 5.41) is 10.9. The molecule has 1 aliphatic heterocycles. The van der Waals surface area contributed by atoms with Crippen molar-refractivity contribution in [2.24, 2.45) is 0 Å². The predicted molar refractivity (Wildman–Crippen MR) is 130 cm³/mol. The molecule has 4 rings (SSSR count). The lowest BCUT2D eigenvalue weighted by molar-refractivity contribution is 0.0933. The van der Waals surface area contributed by atoms with Crippen LogP contribution in [0.15, 0.2) is 36.5 Å². The van der Waals surface area contributed by atoms with Crippen molar-refractivity contribution < 1.29 is 9.18 Å². The molecular formula is C19H20Cl2FIN4OS. The highest BCUT2D eigenvalue weighted by Crippen LogP contribution is 2.37. The van der Waals surface area contributed by atoms with Crippen molar-refractivity contribution in [2.75, 3.05) is 18.4 Å². The standard InChI is InChI=1S/C19H18FIN4OS.2ClH/c20-14-9-11(21)5-6-15(14)25-19-16(13-4-2-8-23-18(13)27-19)17(26)24-12-3-1-7-22-10-12;;/h2,4-6,8-9,12,22,25H,1,3,7,10H2,(H,24,26);2*1H/t12-;;/m0../s1. The first kappa shape index (κ1) is 24.1. The van der Waals surface area contributed by atoms with Crippen molar-refractivity contribution in [3.8, 4) is 0 Å². The summed E-state index contributed by atoms with van der Waals surface area (Å²) in [5.74, 6) is -0.508. The van der Waals surface area contributed by atoms with Crippen molar-refractivity contribution in [2.45, 2.75) is 18.9 Å². The molecule has 0 saturated carbocycles. The Balaban J connectivity index is 0.00000150. The van der Waals surface area contributed by atoms with Gasteiger partial charge in [-0.1, -0.05) is 11.3 Å². The number of nitrogens with zero attached hydrogens (tertiary/aromatic N) is 1. The Labute approximate surface area is 198 Å². The molecule has 3 heterocycles. The second kappa shape index (κ2) is 10.7. The minimum Gasteiger partial charge on any atom is -0.348 e. The lowest BCUT2D eigenvalue weighted by Gasteiger charge is -2.24. The number of fused-ring (bicyclic) bond motifs is 1. The van der Waals surface area contributed by atoms with Gasteiger partial charge in [0.1, 0.15) is 15.6 Å². The molecule has 1 saturated heterocycles. The van der Waals surface area contributed by atoms with E-state index in [0.717, 1.165) is 39.7 Å². The van der Waals surface area contributed by atoms with E-state index in [4.69, 9.17) is 0 Å². The molecule has 1 aromatic carbocycles. The van der Waals surface area contributed by atoms with Gasteiger partial charge < -0.3 is 16.0 Å². The largest absolute Gasteiger partial charge is 0.348 e. The van der Waals surface area contributed by atoms with Crippen LogP contribution in [0.5, 0.6) is 0 Å². The molecule has 1 fully saturated rings. The maximum absolute atomic E-state index is 14.3. The van der Waals surface area contributed by atoms with E-state index in [1.807, 2.05) is 18.2 Å². The Hall–Kier alpha value is -1.20. The van der Waals surface area contributed by atoms with Crippen LogP contribution in [0.25, 0.3) is 10.2 Å². The van der Waals surface area contributed by atoms with Gasteiger partial charge in [0.05, 0.1) is 11.3 Å². The molecule has 0 unspecified atom stereocenters. The number of carbonyl (C=O) groups is 1. The number of halogens is 4. The number of rotatable bonds is 4. The van der Waals surface area contributed by atoms with Crippen molar-refractivity contribution in [3.63, 3.8) is 0 Å². The van der Waals surface area contributed by atoms with Crippen LogP contribution < -0.4 is 16.0 Å². The Morgan fingerprint density at radius 3 is 2.86 bits per heavy atom. The summed E-state index contributed by atoms with van der Waals surface area (Å²) < 4.78 is 15.1. The lowest BCUT2D eigenvalue weighted by Crippen LogP contribution is -2.45. The fraction of sp³-hybridized carbons (Fsp3) is 0.263. The molecule has 10 heteroatoms. The molecule has 1 aliphatic rings. The average molecular weight is 569 g/mol. The van der Waals surface area contributed by atoms with E-state index in [1.165, 1.54) is 17.4 Å². The molecule has 3 N–H and O–H groups in total. The van der Waals surface area contributed by atoms with E-state index in [2.05, 4.69) is 43.5 Å². The number of thiophene rings is 1. The van der Waals surface area contributed by atoms with E-state index < -0.39 is 0 Å². The number of hydrogen-bond acceptors (Lipinski definition) is 5. The number of anilines is 2. The smallest absolute Gasteiger partial charge is 0.255 e. The number of hydrogen-bond donors (Lipinski definition) is 3. The van der Waals surface area contributed by atoms with Crippen molar-refractivity contribution in [1.82, 2.24) is 15.6 Å². The van der Waals surface area contributed by atoms with E-state index in [9.17, 15) is 9.18 Å². The predicted octanol–water partition coefficient (Wildman–Crippen LogP) is 5.11. The highest BCUT2D eigenvalue weighted by Gasteiger charge is 2.23. The van der Waals surface area contributed by atoms with Gasteiger partial charge >= 0.3 is 0 Å². The number of nitrogens with one attached hydrogen (secondary N) is 3. The molecule has 29 heavy (non-hydrogen) atoms. The summed E-state index contributed by atoms with van der Waals surface area (Å²) in [4.78, 5) is 18.2. The van der Waals surface area contributed by atoms with Gasteiger partial charge in [0.25, 0.3) is 5.91 Å². The van der Waals surface area contributed by atoms with Gasteiger partial charge in [0, 0.05) is 27.7 Å². The van der Waals surface area contributed by atoms with Crippen LogP contribution in [0.4, 0.5) is 15.1 Å². The Bertz CT molecular complexity index is 997. The zero-order chi connectivity index (χ0) is 18.8. The molecule has 3 aromatic rings. The number of piperidine rings is 1. The zero-order valence-corrected chi connectivity index (χ0v) is 19.8. The molecule has 1 atom stereocenters. The fourth-order valence-electron chi connectivity index (χ4n) is 3.19. The third-order valence-electron chi connectivity index (χ3n) is 4.50. The third kappa shape index (κ3) is 5.49. The second-order valence-corrected chi connectivity index (χ2v) is 8.67. The lowest BCUT2D eigenvalue weighted by atomic mass is 10.1. The van der Waals surface area contributed by atoms with E-state index >= 15 is 0 Å². The number of amides is 1. The molecule has 156 valence electrons. The van der Waals surface area contributed by atoms with E-state index in [1.54, 1.807) is 12.3 Å². The van der Waals surface area contributed by atoms with Crippen LogP contribution in [0.3, 0.4) is 0 Å². The topological polar surface area (TPSA) is 66.1 Å². The van der Waals surface area contributed by atoms with Crippen LogP contribution in [0.2, 0.25) is 0 Å². The summed E-state index contributed by atoms with van der Waals surface area (Å²) in [6.45, 7) is 1.75. The van der Waals surface area contributed by atoms with Crippen LogP contribution in [0.1, 0.15) is 23.2 Å². The summed E-state index contributed by atoms with van der Waals surface area (Å²) >= 11 is 3.42. The average Bonchev–Trinajstić information content (AvgIpc) is 3.03. The van der Waals surface area contributed by atoms with Crippen LogP contribution in [0, 0.1) is 9.39 Å². The summed E-state index contributed by atoms with van der Waals surface area (Å²) in [6.07, 6.45) is 3.68. The van der Waals surface area contributed by atoms with E-state index in [0.29, 0.717) is 16.3 Å². The van der Waals surface area contributed by atoms with Crippen molar-refractivity contribution in [1.29, 1.82) is 0 Å². The maximum Gasteiger partial charge on any atom is 0.255 e. The van der Waals surface area contributed by atoms with Gasteiger partial charge in [0.2, 0.25) is 0 Å². The molecule has 0 radical (unpaired) electrons. The van der Waals surface area contributed by atoms with Gasteiger partial charge in [-0.2, -0.15) is 0 Å². The Morgan fingerprint density at radius 2 is 2.14 bits per heavy atom. The number of benzene rings is 1. The highest BCUT2D eigenvalue weighted by atomic mass is 127. The SMILES string of the molecule is Cl.Cl.O=C(N[C@H]1CCCNC1)c1c(Nc2ccc(I)cc2F)sc2ncccc12. The highest BCUT2D eigenvalue weighted by molar-refractivity contribution is 14.1. The van der Waals surface area contributed by atoms with E-state index in [-0.39, 0.29) is 42.6 Å². The third-order valence-corrected chi connectivity index (χ3v) is 6.20. The molecule has 0 aliphatic carbocycles. The first-order valence-corrected chi connectivity index (χ1v) is 10.6. The summed E-state index contributed by atoms with van der Waals surface area (Å²) in [5.41, 5.74) is 0.863. The van der Waals surface area contributed by atoms with Crippen LogP contribution >= 0.6 is 58.7 Å². The molecule has 2 aromatic heterocycles.